The maximum Gasteiger partial charge on any atom is 0.128 e. The Bertz CT molecular complexity index is 574. The van der Waals surface area contributed by atoms with E-state index >= 15 is 0 Å². The number of nitrogens with zero attached hydrogens (tertiary/aromatic N) is 1. The highest BCUT2D eigenvalue weighted by Crippen LogP contribution is 2.29. The molecule has 1 unspecified atom stereocenters. The summed E-state index contributed by atoms with van der Waals surface area (Å²) >= 11 is 3.37. The third kappa shape index (κ3) is 3.11. The van der Waals surface area contributed by atoms with Crippen LogP contribution in [-0.4, -0.2) is 11.5 Å². The number of anilines is 1. The van der Waals surface area contributed by atoms with Gasteiger partial charge in [0.25, 0.3) is 0 Å². The molecular weight excluding hydrogens is 309 g/mol. The molecule has 100 valence electrons. The summed E-state index contributed by atoms with van der Waals surface area (Å²) in [5, 5.41) is 3.24. The smallest absolute Gasteiger partial charge is 0.128 e. The molecule has 2 aromatic rings. The molecule has 0 fully saturated rings. The van der Waals surface area contributed by atoms with Crippen molar-refractivity contribution in [1.29, 1.82) is 0 Å². The minimum Gasteiger partial charge on any atom is -0.383 e. The van der Waals surface area contributed by atoms with Crippen molar-refractivity contribution in [1.82, 2.24) is 10.3 Å². The summed E-state index contributed by atoms with van der Waals surface area (Å²) in [5.41, 5.74) is 7.22. The van der Waals surface area contributed by atoms with Crippen molar-refractivity contribution in [3.8, 4) is 0 Å². The van der Waals surface area contributed by atoms with Gasteiger partial charge >= 0.3 is 0 Å². The molecule has 0 spiro atoms. The standard InChI is InChI=1S/C14H15BrFN3/c1-2-18-13(10-4-3-7-19-14(10)17)11-8-9(15)5-6-12(11)16/h3-8,13,18H,2H2,1H3,(H2,17,19). The Labute approximate surface area is 120 Å². The number of pyridine rings is 1. The van der Waals surface area contributed by atoms with Gasteiger partial charge < -0.3 is 11.1 Å². The van der Waals surface area contributed by atoms with Crippen LogP contribution in [0.1, 0.15) is 24.1 Å². The van der Waals surface area contributed by atoms with E-state index in [-0.39, 0.29) is 11.9 Å². The van der Waals surface area contributed by atoms with Crippen molar-refractivity contribution in [3.63, 3.8) is 0 Å². The van der Waals surface area contributed by atoms with Gasteiger partial charge in [0.2, 0.25) is 0 Å². The summed E-state index contributed by atoms with van der Waals surface area (Å²) in [5.74, 6) is 0.144. The lowest BCUT2D eigenvalue weighted by molar-refractivity contribution is 0.558. The van der Waals surface area contributed by atoms with E-state index in [4.69, 9.17) is 5.73 Å². The Morgan fingerprint density at radius 3 is 2.84 bits per heavy atom. The van der Waals surface area contributed by atoms with Crippen molar-refractivity contribution < 1.29 is 4.39 Å². The Hall–Kier alpha value is -1.46. The van der Waals surface area contributed by atoms with Crippen molar-refractivity contribution in [2.75, 3.05) is 12.3 Å². The summed E-state index contributed by atoms with van der Waals surface area (Å²) in [4.78, 5) is 4.06. The first-order chi connectivity index (χ1) is 9.13. The summed E-state index contributed by atoms with van der Waals surface area (Å²) < 4.78 is 14.9. The summed E-state index contributed by atoms with van der Waals surface area (Å²) in [6.07, 6.45) is 1.62. The zero-order valence-corrected chi connectivity index (χ0v) is 12.1. The van der Waals surface area contributed by atoms with Gasteiger partial charge in [0.05, 0.1) is 6.04 Å². The fourth-order valence-electron chi connectivity index (χ4n) is 2.00. The SMILES string of the molecule is CCNC(c1cc(Br)ccc1F)c1cccnc1N. The van der Waals surface area contributed by atoms with Crippen LogP contribution in [0.15, 0.2) is 41.0 Å². The number of halogens is 2. The molecule has 0 amide bonds. The van der Waals surface area contributed by atoms with Crippen LogP contribution in [-0.2, 0) is 0 Å². The van der Waals surface area contributed by atoms with E-state index in [9.17, 15) is 4.39 Å². The molecule has 1 aromatic heterocycles. The van der Waals surface area contributed by atoms with Crippen LogP contribution in [0.25, 0.3) is 0 Å². The first-order valence-corrected chi connectivity index (χ1v) is 6.81. The quantitative estimate of drug-likeness (QED) is 0.908. The number of rotatable bonds is 4. The van der Waals surface area contributed by atoms with Crippen molar-refractivity contribution in [2.24, 2.45) is 0 Å². The number of hydrogen-bond donors (Lipinski definition) is 2. The normalized spacial score (nSPS) is 12.4. The largest absolute Gasteiger partial charge is 0.383 e. The van der Waals surface area contributed by atoms with Gasteiger partial charge in [-0.2, -0.15) is 0 Å². The van der Waals surface area contributed by atoms with Crippen LogP contribution in [0.4, 0.5) is 10.2 Å². The van der Waals surface area contributed by atoms with Crippen LogP contribution < -0.4 is 11.1 Å². The third-order valence-corrected chi connectivity index (χ3v) is 3.35. The Balaban J connectivity index is 2.51. The van der Waals surface area contributed by atoms with E-state index in [1.807, 2.05) is 13.0 Å². The maximum atomic E-state index is 14.0. The molecule has 1 aromatic carbocycles. The van der Waals surface area contributed by atoms with Gasteiger partial charge in [0, 0.05) is 21.8 Å². The molecule has 0 aliphatic carbocycles. The molecule has 2 rings (SSSR count). The highest BCUT2D eigenvalue weighted by molar-refractivity contribution is 9.10. The van der Waals surface area contributed by atoms with Gasteiger partial charge in [-0.1, -0.05) is 28.9 Å². The van der Waals surface area contributed by atoms with Gasteiger partial charge in [0.15, 0.2) is 0 Å². The van der Waals surface area contributed by atoms with Crippen molar-refractivity contribution in [3.05, 3.63) is 57.9 Å². The van der Waals surface area contributed by atoms with Crippen LogP contribution >= 0.6 is 15.9 Å². The molecule has 0 aliphatic rings. The van der Waals surface area contributed by atoms with Crippen LogP contribution in [0.2, 0.25) is 0 Å². The van der Waals surface area contributed by atoms with Crippen LogP contribution in [0, 0.1) is 5.82 Å². The zero-order chi connectivity index (χ0) is 13.8. The predicted octanol–water partition coefficient (Wildman–Crippen LogP) is 3.26. The molecule has 5 heteroatoms. The molecular formula is C14H15BrFN3. The Morgan fingerprint density at radius 1 is 1.37 bits per heavy atom. The van der Waals surface area contributed by atoms with Crippen molar-refractivity contribution in [2.45, 2.75) is 13.0 Å². The lowest BCUT2D eigenvalue weighted by Gasteiger charge is -2.20. The van der Waals surface area contributed by atoms with E-state index < -0.39 is 0 Å². The summed E-state index contributed by atoms with van der Waals surface area (Å²) in [7, 11) is 0. The Morgan fingerprint density at radius 2 is 2.16 bits per heavy atom. The average molecular weight is 324 g/mol. The molecule has 1 atom stereocenters. The lowest BCUT2D eigenvalue weighted by atomic mass is 9.98. The molecule has 19 heavy (non-hydrogen) atoms. The second kappa shape index (κ2) is 6.12. The van der Waals surface area contributed by atoms with Gasteiger partial charge in [-0.3, -0.25) is 0 Å². The molecule has 0 saturated heterocycles. The molecule has 0 bridgehead atoms. The fourth-order valence-corrected chi connectivity index (χ4v) is 2.38. The lowest BCUT2D eigenvalue weighted by Crippen LogP contribution is -2.24. The molecule has 1 heterocycles. The van der Waals surface area contributed by atoms with E-state index in [0.717, 1.165) is 10.0 Å². The van der Waals surface area contributed by atoms with Gasteiger partial charge in [-0.25, -0.2) is 9.37 Å². The number of aromatic nitrogens is 1. The highest BCUT2D eigenvalue weighted by Gasteiger charge is 2.19. The fraction of sp³-hybridized carbons (Fsp3) is 0.214. The number of hydrogen-bond acceptors (Lipinski definition) is 3. The zero-order valence-electron chi connectivity index (χ0n) is 10.5. The molecule has 3 N–H and O–H groups in total. The first kappa shape index (κ1) is 14.0. The second-order valence-corrected chi connectivity index (χ2v) is 5.05. The minimum absolute atomic E-state index is 0.266. The number of nitrogens with two attached hydrogens (primary N) is 1. The molecule has 0 saturated carbocycles. The maximum absolute atomic E-state index is 14.0. The number of nitrogen functional groups attached to an aromatic ring is 1. The van der Waals surface area contributed by atoms with Gasteiger partial charge in [-0.05, 0) is 30.8 Å². The van der Waals surface area contributed by atoms with E-state index in [0.29, 0.717) is 17.9 Å². The highest BCUT2D eigenvalue weighted by atomic mass is 79.9. The first-order valence-electron chi connectivity index (χ1n) is 6.02. The predicted molar refractivity (Wildman–Crippen MR) is 78.3 cm³/mol. The van der Waals surface area contributed by atoms with Gasteiger partial charge in [-0.15, -0.1) is 0 Å². The molecule has 0 aliphatic heterocycles. The average Bonchev–Trinajstić information content (AvgIpc) is 2.40. The summed E-state index contributed by atoms with van der Waals surface area (Å²) in [6.45, 7) is 2.67. The van der Waals surface area contributed by atoms with Crippen LogP contribution in [0.5, 0.6) is 0 Å². The van der Waals surface area contributed by atoms with Crippen LogP contribution in [0.3, 0.4) is 0 Å². The minimum atomic E-state index is -0.309. The van der Waals surface area contributed by atoms with E-state index in [1.165, 1.54) is 6.07 Å². The number of nitrogens with one attached hydrogen (secondary N) is 1. The molecule has 3 nitrogen and oxygen atoms in total. The second-order valence-electron chi connectivity index (χ2n) is 4.13. The third-order valence-electron chi connectivity index (χ3n) is 2.86. The van der Waals surface area contributed by atoms with E-state index in [1.54, 1.807) is 24.4 Å². The monoisotopic (exact) mass is 323 g/mol. The number of benzene rings is 1. The summed E-state index contributed by atoms with van der Waals surface area (Å²) in [6, 6.07) is 8.22. The topological polar surface area (TPSA) is 50.9 Å². The molecule has 0 radical (unpaired) electrons. The Kier molecular flexibility index (Phi) is 4.50. The van der Waals surface area contributed by atoms with E-state index in [2.05, 4.69) is 26.2 Å². The van der Waals surface area contributed by atoms with Gasteiger partial charge in [0.1, 0.15) is 11.6 Å². The van der Waals surface area contributed by atoms with Crippen molar-refractivity contribution >= 4 is 21.7 Å².